The first-order valence-corrected chi connectivity index (χ1v) is 12.1. The van der Waals surface area contributed by atoms with Crippen LogP contribution in [0.25, 0.3) is 0 Å². The number of nitrogens with zero attached hydrogens (tertiary/aromatic N) is 2. The number of halogens is 3. The van der Waals surface area contributed by atoms with Gasteiger partial charge < -0.3 is 9.80 Å². The molecule has 7 heteroatoms. The van der Waals surface area contributed by atoms with E-state index in [1.807, 2.05) is 0 Å². The van der Waals surface area contributed by atoms with Crippen LogP contribution in [0.4, 0.5) is 13.2 Å². The minimum Gasteiger partial charge on any atom is -0.339 e. The first kappa shape index (κ1) is 23.1. The Morgan fingerprint density at radius 3 is 1.91 bits per heavy atom. The summed E-state index contributed by atoms with van der Waals surface area (Å²) in [7, 11) is 0. The highest BCUT2D eigenvalue weighted by molar-refractivity contribution is 5.94. The number of rotatable bonds is 5. The van der Waals surface area contributed by atoms with E-state index in [1.54, 1.807) is 4.90 Å². The summed E-state index contributed by atoms with van der Waals surface area (Å²) in [5.74, 6) is 0.730. The minimum atomic E-state index is -4.41. The molecule has 32 heavy (non-hydrogen) atoms. The zero-order valence-corrected chi connectivity index (χ0v) is 18.7. The minimum absolute atomic E-state index is 0.0591. The van der Waals surface area contributed by atoms with Gasteiger partial charge in [0.25, 0.3) is 5.91 Å². The van der Waals surface area contributed by atoms with Gasteiger partial charge in [-0.25, -0.2) is 0 Å². The summed E-state index contributed by atoms with van der Waals surface area (Å²) in [5, 5.41) is 0. The number of carbonyl (C=O) groups excluding carboxylic acids is 2. The molecule has 1 aromatic rings. The van der Waals surface area contributed by atoms with E-state index >= 15 is 0 Å². The lowest BCUT2D eigenvalue weighted by atomic mass is 9.83. The number of hydrogen-bond acceptors (Lipinski definition) is 2. The van der Waals surface area contributed by atoms with Crippen LogP contribution in [-0.2, 0) is 11.0 Å². The third-order valence-corrected chi connectivity index (χ3v) is 7.57. The number of likely N-dealkylation sites (tertiary alicyclic amines) is 1. The maximum Gasteiger partial charge on any atom is 0.416 e. The second kappa shape index (κ2) is 9.44. The van der Waals surface area contributed by atoms with Gasteiger partial charge in [0, 0.05) is 36.7 Å². The van der Waals surface area contributed by atoms with Crippen molar-refractivity contribution in [3.05, 3.63) is 35.4 Å². The molecule has 1 aliphatic heterocycles. The first-order chi connectivity index (χ1) is 15.3. The Bertz CT molecular complexity index is 803. The molecule has 2 aliphatic carbocycles. The van der Waals surface area contributed by atoms with Crippen molar-refractivity contribution in [3.63, 3.8) is 0 Å². The fourth-order valence-electron chi connectivity index (χ4n) is 5.37. The molecule has 4 rings (SSSR count). The predicted molar refractivity (Wildman–Crippen MR) is 116 cm³/mol. The number of alkyl halides is 3. The fourth-order valence-corrected chi connectivity index (χ4v) is 5.37. The highest BCUT2D eigenvalue weighted by atomic mass is 19.4. The van der Waals surface area contributed by atoms with E-state index < -0.39 is 11.7 Å². The first-order valence-electron chi connectivity index (χ1n) is 12.1. The van der Waals surface area contributed by atoms with Gasteiger partial charge in [0.2, 0.25) is 5.91 Å². The summed E-state index contributed by atoms with van der Waals surface area (Å²) >= 11 is 0. The molecule has 2 amide bonds. The van der Waals surface area contributed by atoms with E-state index in [2.05, 4.69) is 11.8 Å². The average Bonchev–Trinajstić information content (AvgIpc) is 3.64. The van der Waals surface area contributed by atoms with Crippen LogP contribution in [-0.4, -0.2) is 46.8 Å². The molecule has 1 saturated heterocycles. The van der Waals surface area contributed by atoms with E-state index in [9.17, 15) is 22.8 Å². The van der Waals surface area contributed by atoms with E-state index in [1.165, 1.54) is 31.4 Å². The molecule has 1 heterocycles. The lowest BCUT2D eigenvalue weighted by Crippen LogP contribution is -2.49. The van der Waals surface area contributed by atoms with Crippen LogP contribution in [0, 0.1) is 11.8 Å². The van der Waals surface area contributed by atoms with Crippen molar-refractivity contribution in [2.45, 2.75) is 83.0 Å². The maximum absolute atomic E-state index is 13.4. The molecule has 0 atom stereocenters. The van der Waals surface area contributed by atoms with Gasteiger partial charge in [0.1, 0.15) is 0 Å². The monoisotopic (exact) mass is 450 g/mol. The van der Waals surface area contributed by atoms with Crippen molar-refractivity contribution >= 4 is 11.8 Å². The van der Waals surface area contributed by atoms with Crippen molar-refractivity contribution in [1.29, 1.82) is 0 Å². The van der Waals surface area contributed by atoms with Gasteiger partial charge in [-0.2, -0.15) is 13.2 Å². The standard InChI is InChI=1S/C25H33F3N2O2/c1-2-17-3-9-21(10-4-17)30(22-11-12-22)24(32)19-13-15-29(16-14-19)23(31)18-5-7-20(8-6-18)25(26,27)28/h5-8,17,19,21-22H,2-4,9-16H2,1H3. The van der Waals surface area contributed by atoms with Crippen LogP contribution in [0.1, 0.15) is 80.6 Å². The van der Waals surface area contributed by atoms with Crippen LogP contribution in [0.3, 0.4) is 0 Å². The summed E-state index contributed by atoms with van der Waals surface area (Å²) in [4.78, 5) is 30.0. The smallest absolute Gasteiger partial charge is 0.339 e. The van der Waals surface area contributed by atoms with E-state index in [0.29, 0.717) is 38.0 Å². The summed E-state index contributed by atoms with van der Waals surface area (Å²) in [6.07, 6.45) is 4.87. The molecular weight excluding hydrogens is 417 g/mol. The Morgan fingerprint density at radius 2 is 1.44 bits per heavy atom. The lowest BCUT2D eigenvalue weighted by molar-refractivity contribution is -0.141. The van der Waals surface area contributed by atoms with E-state index in [-0.39, 0.29) is 23.3 Å². The number of amides is 2. The highest BCUT2D eigenvalue weighted by Crippen LogP contribution is 2.38. The third-order valence-electron chi connectivity index (χ3n) is 7.57. The largest absolute Gasteiger partial charge is 0.416 e. The van der Waals surface area contributed by atoms with Crippen LogP contribution in [0.5, 0.6) is 0 Å². The normalized spacial score (nSPS) is 24.9. The predicted octanol–water partition coefficient (Wildman–Crippen LogP) is 5.52. The number of piperidine rings is 1. The van der Waals surface area contributed by atoms with Crippen molar-refractivity contribution in [1.82, 2.24) is 9.80 Å². The summed E-state index contributed by atoms with van der Waals surface area (Å²) in [6.45, 7) is 3.18. The van der Waals surface area contributed by atoms with Gasteiger partial charge >= 0.3 is 6.18 Å². The SMILES string of the molecule is CCC1CCC(N(C(=O)C2CCN(C(=O)c3ccc(C(F)(F)F)cc3)CC2)C2CC2)CC1. The molecule has 0 radical (unpaired) electrons. The third kappa shape index (κ3) is 5.12. The molecule has 4 nitrogen and oxygen atoms in total. The van der Waals surface area contributed by atoms with Crippen LogP contribution < -0.4 is 0 Å². The molecule has 1 aromatic carbocycles. The Balaban J connectivity index is 1.33. The Labute approximate surface area is 188 Å². The molecule has 176 valence electrons. The molecule has 3 aliphatic rings. The molecule has 3 fully saturated rings. The quantitative estimate of drug-likeness (QED) is 0.593. The molecular formula is C25H33F3N2O2. The van der Waals surface area contributed by atoms with Gasteiger partial charge in [-0.05, 0) is 81.5 Å². The van der Waals surface area contributed by atoms with Crippen molar-refractivity contribution in [2.75, 3.05) is 13.1 Å². The second-order valence-electron chi connectivity index (χ2n) is 9.70. The maximum atomic E-state index is 13.4. The molecule has 0 spiro atoms. The fraction of sp³-hybridized carbons (Fsp3) is 0.680. The highest BCUT2D eigenvalue weighted by Gasteiger charge is 2.42. The topological polar surface area (TPSA) is 40.6 Å². The Hall–Kier alpha value is -2.05. The lowest BCUT2D eigenvalue weighted by Gasteiger charge is -2.40. The van der Waals surface area contributed by atoms with Crippen LogP contribution in [0.2, 0.25) is 0 Å². The Kier molecular flexibility index (Phi) is 6.82. The van der Waals surface area contributed by atoms with Gasteiger partial charge in [-0.1, -0.05) is 13.3 Å². The zero-order chi connectivity index (χ0) is 22.9. The van der Waals surface area contributed by atoms with Crippen LogP contribution >= 0.6 is 0 Å². The van der Waals surface area contributed by atoms with Gasteiger partial charge in [0.15, 0.2) is 0 Å². The second-order valence-corrected chi connectivity index (χ2v) is 9.70. The van der Waals surface area contributed by atoms with Crippen LogP contribution in [0.15, 0.2) is 24.3 Å². The molecule has 2 saturated carbocycles. The average molecular weight is 451 g/mol. The summed E-state index contributed by atoms with van der Waals surface area (Å²) < 4.78 is 38.3. The van der Waals surface area contributed by atoms with Crippen molar-refractivity contribution in [3.8, 4) is 0 Å². The molecule has 0 aromatic heterocycles. The summed E-state index contributed by atoms with van der Waals surface area (Å²) in [6, 6.07) is 5.14. The molecule has 0 unspecified atom stereocenters. The summed E-state index contributed by atoms with van der Waals surface area (Å²) in [5.41, 5.74) is -0.499. The molecule has 0 N–H and O–H groups in total. The number of carbonyl (C=O) groups is 2. The Morgan fingerprint density at radius 1 is 0.906 bits per heavy atom. The zero-order valence-electron chi connectivity index (χ0n) is 18.7. The van der Waals surface area contributed by atoms with E-state index in [4.69, 9.17) is 0 Å². The molecule has 0 bridgehead atoms. The van der Waals surface area contributed by atoms with Crippen molar-refractivity contribution in [2.24, 2.45) is 11.8 Å². The van der Waals surface area contributed by atoms with E-state index in [0.717, 1.165) is 43.7 Å². The van der Waals surface area contributed by atoms with Gasteiger partial charge in [0.05, 0.1) is 5.56 Å². The number of benzene rings is 1. The van der Waals surface area contributed by atoms with Gasteiger partial charge in [-0.3, -0.25) is 9.59 Å². The van der Waals surface area contributed by atoms with Crippen molar-refractivity contribution < 1.29 is 22.8 Å². The van der Waals surface area contributed by atoms with Gasteiger partial charge in [-0.15, -0.1) is 0 Å². The number of hydrogen-bond donors (Lipinski definition) is 0.